The fourth-order valence-electron chi connectivity index (χ4n) is 2.00. The number of carbonyl (C=O) groups excluding carboxylic acids is 1. The second-order valence-corrected chi connectivity index (χ2v) is 5.42. The average Bonchev–Trinajstić information content (AvgIpc) is 2.38. The molecule has 108 valence electrons. The second kappa shape index (κ2) is 8.77. The number of aliphatic hydroxyl groups is 1. The number of benzene rings is 1. The van der Waals surface area contributed by atoms with Crippen LogP contribution in [-0.2, 0) is 6.42 Å². The van der Waals surface area contributed by atoms with Gasteiger partial charge in [-0.3, -0.25) is 4.79 Å². The largest absolute Gasteiger partial charge is 0.390 e. The molecule has 2 radical (unpaired) electrons. The zero-order chi connectivity index (χ0) is 15.0. The van der Waals surface area contributed by atoms with Crippen molar-refractivity contribution in [2.45, 2.75) is 32.4 Å². The number of nitrogens with one attached hydrogen (secondary N) is 2. The van der Waals surface area contributed by atoms with Crippen molar-refractivity contribution >= 4 is 13.7 Å². The molecule has 3 N–H and O–H groups in total. The lowest BCUT2D eigenvalue weighted by atomic mass is 9.99. The normalized spacial score (nSPS) is 14.0. The number of amides is 1. The topological polar surface area (TPSA) is 61.4 Å². The smallest absolute Gasteiger partial charge is 0.200 e. The molecule has 1 aromatic carbocycles. The van der Waals surface area contributed by atoms with E-state index in [0.29, 0.717) is 18.9 Å². The van der Waals surface area contributed by atoms with Gasteiger partial charge in [0, 0.05) is 6.54 Å². The van der Waals surface area contributed by atoms with Crippen LogP contribution in [0.1, 0.15) is 19.4 Å². The van der Waals surface area contributed by atoms with Gasteiger partial charge in [-0.05, 0) is 24.4 Å². The molecule has 2 atom stereocenters. The fraction of sp³-hybridized carbons (Fsp3) is 0.533. The Morgan fingerprint density at radius 2 is 1.90 bits per heavy atom. The summed E-state index contributed by atoms with van der Waals surface area (Å²) in [7, 11) is 5.18. The highest BCUT2D eigenvalue weighted by molar-refractivity contribution is 6.57. The van der Waals surface area contributed by atoms with E-state index in [1.165, 1.54) is 0 Å². The average molecular weight is 274 g/mol. The molecule has 0 aliphatic rings. The predicted octanol–water partition coefficient (Wildman–Crippen LogP) is 1.08. The van der Waals surface area contributed by atoms with E-state index >= 15 is 0 Å². The Kier molecular flexibility index (Phi) is 7.33. The van der Waals surface area contributed by atoms with E-state index in [1.807, 2.05) is 30.3 Å². The van der Waals surface area contributed by atoms with E-state index in [4.69, 9.17) is 7.85 Å². The quantitative estimate of drug-likeness (QED) is 0.622. The van der Waals surface area contributed by atoms with Gasteiger partial charge in [0.15, 0.2) is 5.81 Å². The summed E-state index contributed by atoms with van der Waals surface area (Å²) >= 11 is 0. The number of aliphatic hydroxyl groups excluding tert-OH is 1. The van der Waals surface area contributed by atoms with Crippen LogP contribution in [-0.4, -0.2) is 44.0 Å². The zero-order valence-corrected chi connectivity index (χ0v) is 12.2. The molecule has 0 heterocycles. The summed E-state index contributed by atoms with van der Waals surface area (Å²) in [5.74, 6) is -0.104. The molecule has 0 saturated heterocycles. The molecule has 0 aliphatic carbocycles. The first kappa shape index (κ1) is 16.7. The third-order valence-corrected chi connectivity index (χ3v) is 3.00. The van der Waals surface area contributed by atoms with Gasteiger partial charge in [-0.2, -0.15) is 0 Å². The molecule has 0 unspecified atom stereocenters. The van der Waals surface area contributed by atoms with E-state index in [2.05, 4.69) is 24.5 Å². The maximum Gasteiger partial charge on any atom is 0.200 e. The van der Waals surface area contributed by atoms with Crippen molar-refractivity contribution in [3.63, 3.8) is 0 Å². The summed E-state index contributed by atoms with van der Waals surface area (Å²) in [6.07, 6.45) is -0.129. The van der Waals surface area contributed by atoms with Crippen LogP contribution in [0, 0.1) is 5.92 Å². The summed E-state index contributed by atoms with van der Waals surface area (Å²) < 4.78 is 0. The van der Waals surface area contributed by atoms with E-state index in [9.17, 15) is 9.90 Å². The van der Waals surface area contributed by atoms with Gasteiger partial charge in [0.2, 0.25) is 7.85 Å². The Balaban J connectivity index is 2.56. The molecule has 0 fully saturated rings. The lowest BCUT2D eigenvalue weighted by molar-refractivity contribution is 0.128. The zero-order valence-electron chi connectivity index (χ0n) is 12.2. The van der Waals surface area contributed by atoms with Gasteiger partial charge in [0.05, 0.1) is 12.1 Å². The third kappa shape index (κ3) is 6.73. The molecule has 1 amide bonds. The predicted molar refractivity (Wildman–Crippen MR) is 81.9 cm³/mol. The van der Waals surface area contributed by atoms with Crippen LogP contribution in [0.15, 0.2) is 30.3 Å². The summed E-state index contributed by atoms with van der Waals surface area (Å²) in [6, 6.07) is 9.32. The molecule has 0 aliphatic heterocycles. The van der Waals surface area contributed by atoms with Crippen LogP contribution >= 0.6 is 0 Å². The minimum absolute atomic E-state index is 0.394. The minimum Gasteiger partial charge on any atom is -0.390 e. The first-order valence-electron chi connectivity index (χ1n) is 6.97. The molecule has 0 spiro atoms. The monoisotopic (exact) mass is 274 g/mol. The number of rotatable bonds is 8. The van der Waals surface area contributed by atoms with Gasteiger partial charge >= 0.3 is 0 Å². The first-order chi connectivity index (χ1) is 9.49. The lowest BCUT2D eigenvalue weighted by Crippen LogP contribution is -2.48. The van der Waals surface area contributed by atoms with Crippen LogP contribution in [0.4, 0.5) is 4.79 Å². The highest BCUT2D eigenvalue weighted by Crippen LogP contribution is 2.06. The van der Waals surface area contributed by atoms with Crippen molar-refractivity contribution in [1.29, 1.82) is 0 Å². The molecule has 20 heavy (non-hydrogen) atoms. The van der Waals surface area contributed by atoms with Crippen molar-refractivity contribution in [3.8, 4) is 0 Å². The Labute approximate surface area is 122 Å². The van der Waals surface area contributed by atoms with E-state index in [0.717, 1.165) is 12.1 Å². The van der Waals surface area contributed by atoms with E-state index in [-0.39, 0.29) is 0 Å². The molecule has 4 nitrogen and oxygen atoms in total. The maximum absolute atomic E-state index is 11.1. The third-order valence-electron chi connectivity index (χ3n) is 3.00. The van der Waals surface area contributed by atoms with Gasteiger partial charge < -0.3 is 15.7 Å². The highest BCUT2D eigenvalue weighted by atomic mass is 16.3. The Hall–Kier alpha value is -1.33. The maximum atomic E-state index is 11.1. The van der Waals surface area contributed by atoms with Gasteiger partial charge in [-0.25, -0.2) is 0 Å². The molecule has 1 aromatic rings. The number of carbonyl (C=O) groups is 1. The van der Waals surface area contributed by atoms with Crippen molar-refractivity contribution < 1.29 is 9.90 Å². The lowest BCUT2D eigenvalue weighted by Gasteiger charge is -2.25. The summed E-state index contributed by atoms with van der Waals surface area (Å²) in [6.45, 7) is 5.45. The van der Waals surface area contributed by atoms with Crippen LogP contribution in [0.25, 0.3) is 0 Å². The molecular weight excluding hydrogens is 251 g/mol. The molecule has 0 aromatic heterocycles. The van der Waals surface area contributed by atoms with Crippen molar-refractivity contribution in [2.24, 2.45) is 5.92 Å². The van der Waals surface area contributed by atoms with Gasteiger partial charge in [-0.15, -0.1) is 0 Å². The fourth-order valence-corrected chi connectivity index (χ4v) is 2.00. The van der Waals surface area contributed by atoms with Gasteiger partial charge in [-0.1, -0.05) is 44.2 Å². The summed E-state index contributed by atoms with van der Waals surface area (Å²) in [5.41, 5.74) is 1.05. The van der Waals surface area contributed by atoms with E-state index < -0.39 is 18.0 Å². The van der Waals surface area contributed by atoms with Crippen LogP contribution in [0.5, 0.6) is 0 Å². The van der Waals surface area contributed by atoms with Crippen LogP contribution in [0.3, 0.4) is 0 Å². The second-order valence-electron chi connectivity index (χ2n) is 5.42. The Morgan fingerprint density at radius 3 is 2.45 bits per heavy atom. The minimum atomic E-state index is -0.679. The molecular formula is C15H23BN2O2. The summed E-state index contributed by atoms with van der Waals surface area (Å²) in [4.78, 5) is 11.1. The Bertz CT molecular complexity index is 398. The standard InChI is InChI=1S/C15H23BN2O2/c1-11(2)9-17-10-14(19)13(18-15(16)20)8-12-6-4-3-5-7-12/h3-7,11,13-14,17,19H,8-10H2,1-2H3,(H,18,20)/t13-,14+/m0/s1. The van der Waals surface area contributed by atoms with Gasteiger partial charge in [0.1, 0.15) is 0 Å². The van der Waals surface area contributed by atoms with Crippen molar-refractivity contribution in [1.82, 2.24) is 10.6 Å². The molecule has 0 bridgehead atoms. The van der Waals surface area contributed by atoms with E-state index in [1.54, 1.807) is 0 Å². The molecule has 1 rings (SSSR count). The van der Waals surface area contributed by atoms with Crippen LogP contribution < -0.4 is 10.6 Å². The van der Waals surface area contributed by atoms with Crippen molar-refractivity contribution in [2.75, 3.05) is 13.1 Å². The molecule has 0 saturated carbocycles. The number of hydrogen-bond donors (Lipinski definition) is 3. The number of hydrogen-bond acceptors (Lipinski definition) is 3. The SMILES string of the molecule is [B]C(=O)N[C@@H](Cc1ccccc1)[C@H](O)CNCC(C)C. The summed E-state index contributed by atoms with van der Waals surface area (Å²) in [5, 5.41) is 16.0. The van der Waals surface area contributed by atoms with Crippen molar-refractivity contribution in [3.05, 3.63) is 35.9 Å². The Morgan fingerprint density at radius 1 is 1.25 bits per heavy atom. The van der Waals surface area contributed by atoms with Gasteiger partial charge in [0.25, 0.3) is 0 Å². The highest BCUT2D eigenvalue weighted by Gasteiger charge is 2.20. The first-order valence-corrected chi connectivity index (χ1v) is 6.97. The molecule has 5 heteroatoms. The van der Waals surface area contributed by atoms with Crippen LogP contribution in [0.2, 0.25) is 0 Å².